The highest BCUT2D eigenvalue weighted by Crippen LogP contribution is 2.24. The van der Waals surface area contributed by atoms with Crippen LogP contribution in [0.1, 0.15) is 15.9 Å². The summed E-state index contributed by atoms with van der Waals surface area (Å²) in [6.45, 7) is 0.0303. The number of ether oxygens (including phenoxy) is 2. The van der Waals surface area contributed by atoms with E-state index in [1.54, 1.807) is 36.4 Å². The van der Waals surface area contributed by atoms with E-state index in [-0.39, 0.29) is 24.0 Å². The number of methoxy groups -OCH3 is 1. The molecule has 4 aromatic rings. The van der Waals surface area contributed by atoms with E-state index in [0.717, 1.165) is 16.7 Å². The van der Waals surface area contributed by atoms with E-state index < -0.39 is 23.7 Å². The molecule has 12 heteroatoms. The van der Waals surface area contributed by atoms with Gasteiger partial charge >= 0.3 is 12.1 Å². The first-order valence-electron chi connectivity index (χ1n) is 10.4. The summed E-state index contributed by atoms with van der Waals surface area (Å²) >= 11 is 0. The Morgan fingerprint density at radius 2 is 1.72 bits per heavy atom. The van der Waals surface area contributed by atoms with Crippen LogP contribution in [0.15, 0.2) is 77.9 Å². The maximum atomic E-state index is 12.9. The molecule has 0 aliphatic rings. The van der Waals surface area contributed by atoms with Crippen LogP contribution in [0, 0.1) is 0 Å². The van der Waals surface area contributed by atoms with E-state index in [0.29, 0.717) is 16.9 Å². The number of alkyl halides is 3. The van der Waals surface area contributed by atoms with Gasteiger partial charge in [0.1, 0.15) is 17.3 Å². The Morgan fingerprint density at radius 1 is 1.06 bits per heavy atom. The molecule has 0 radical (unpaired) electrons. The van der Waals surface area contributed by atoms with Gasteiger partial charge in [-0.3, -0.25) is 9.36 Å². The standard InChI is InChI=1S/C24H19F3N4O5/c1-35-18-6-2-16(3-7-18)22(33)29-20-12-15(10-11-28-20)13-30-14-21(32)31(23(30)34)17-4-8-19(9-5-17)36-24(25,26)27/h2-12,14,32H,13H2,1H3,(H,28,29,33). The van der Waals surface area contributed by atoms with Gasteiger partial charge in [0.15, 0.2) is 0 Å². The largest absolute Gasteiger partial charge is 0.573 e. The Balaban J connectivity index is 1.50. The van der Waals surface area contributed by atoms with E-state index in [1.165, 1.54) is 36.2 Å². The first kappa shape index (κ1) is 24.4. The van der Waals surface area contributed by atoms with Crippen molar-refractivity contribution in [3.05, 3.63) is 94.7 Å². The molecule has 0 bridgehead atoms. The number of anilines is 1. The van der Waals surface area contributed by atoms with Crippen molar-refractivity contribution in [1.82, 2.24) is 14.1 Å². The quantitative estimate of drug-likeness (QED) is 0.398. The first-order chi connectivity index (χ1) is 17.1. The fraction of sp³-hybridized carbons (Fsp3) is 0.125. The molecular weight excluding hydrogens is 481 g/mol. The number of pyridine rings is 1. The highest BCUT2D eigenvalue weighted by molar-refractivity contribution is 6.03. The molecule has 0 saturated carbocycles. The molecule has 2 heterocycles. The summed E-state index contributed by atoms with van der Waals surface area (Å²) in [5.74, 6) is -0.393. The van der Waals surface area contributed by atoms with E-state index in [9.17, 15) is 27.9 Å². The lowest BCUT2D eigenvalue weighted by molar-refractivity contribution is -0.274. The molecule has 2 aromatic heterocycles. The van der Waals surface area contributed by atoms with Gasteiger partial charge in [0.25, 0.3) is 5.91 Å². The average molecular weight is 500 g/mol. The van der Waals surface area contributed by atoms with Crippen molar-refractivity contribution in [3.63, 3.8) is 0 Å². The fourth-order valence-corrected chi connectivity index (χ4v) is 3.40. The Kier molecular flexibility index (Phi) is 6.68. The molecule has 2 aromatic carbocycles. The monoisotopic (exact) mass is 500 g/mol. The van der Waals surface area contributed by atoms with Crippen LogP contribution in [0.5, 0.6) is 17.4 Å². The molecule has 2 N–H and O–H groups in total. The number of rotatable bonds is 7. The number of imidazole rings is 1. The van der Waals surface area contributed by atoms with Gasteiger partial charge in [-0.1, -0.05) is 0 Å². The highest BCUT2D eigenvalue weighted by atomic mass is 19.4. The lowest BCUT2D eigenvalue weighted by Crippen LogP contribution is -2.23. The number of carbonyl (C=O) groups excluding carboxylic acids is 1. The number of hydrogen-bond acceptors (Lipinski definition) is 6. The van der Waals surface area contributed by atoms with Crippen LogP contribution in [0.25, 0.3) is 5.69 Å². The number of aromatic hydroxyl groups is 1. The van der Waals surface area contributed by atoms with Crippen molar-refractivity contribution in [2.75, 3.05) is 12.4 Å². The average Bonchev–Trinajstić information content (AvgIpc) is 3.11. The Hall–Kier alpha value is -4.74. The third-order valence-corrected chi connectivity index (χ3v) is 5.04. The Morgan fingerprint density at radius 3 is 2.36 bits per heavy atom. The second-order valence-electron chi connectivity index (χ2n) is 7.51. The summed E-state index contributed by atoms with van der Waals surface area (Å²) in [4.78, 5) is 29.5. The molecule has 4 rings (SSSR count). The lowest BCUT2D eigenvalue weighted by atomic mass is 10.2. The molecular formula is C24H19F3N4O5. The van der Waals surface area contributed by atoms with Gasteiger partial charge in [0.05, 0.1) is 25.5 Å². The second kappa shape index (κ2) is 9.86. The van der Waals surface area contributed by atoms with E-state index in [2.05, 4.69) is 15.0 Å². The summed E-state index contributed by atoms with van der Waals surface area (Å²) in [6, 6.07) is 14.2. The summed E-state index contributed by atoms with van der Waals surface area (Å²) in [5.41, 5.74) is 0.515. The van der Waals surface area contributed by atoms with Crippen molar-refractivity contribution >= 4 is 11.7 Å². The van der Waals surface area contributed by atoms with Crippen LogP contribution in [-0.4, -0.2) is 38.6 Å². The van der Waals surface area contributed by atoms with Gasteiger partial charge in [-0.25, -0.2) is 14.3 Å². The number of carbonyl (C=O) groups is 1. The molecule has 1 amide bonds. The third-order valence-electron chi connectivity index (χ3n) is 5.04. The van der Waals surface area contributed by atoms with Crippen LogP contribution in [-0.2, 0) is 6.54 Å². The summed E-state index contributed by atoms with van der Waals surface area (Å²) in [6.07, 6.45) is -2.19. The fourth-order valence-electron chi connectivity index (χ4n) is 3.40. The molecule has 9 nitrogen and oxygen atoms in total. The van der Waals surface area contributed by atoms with Gasteiger partial charge in [0, 0.05) is 11.8 Å². The summed E-state index contributed by atoms with van der Waals surface area (Å²) in [5, 5.41) is 13.0. The number of nitrogens with zero attached hydrogens (tertiary/aromatic N) is 3. The van der Waals surface area contributed by atoms with Crippen LogP contribution in [0.4, 0.5) is 19.0 Å². The minimum atomic E-state index is -4.85. The summed E-state index contributed by atoms with van der Waals surface area (Å²) in [7, 11) is 1.52. The molecule has 36 heavy (non-hydrogen) atoms. The van der Waals surface area contributed by atoms with Crippen LogP contribution >= 0.6 is 0 Å². The number of aromatic nitrogens is 3. The van der Waals surface area contributed by atoms with Crippen LogP contribution in [0.2, 0.25) is 0 Å². The summed E-state index contributed by atoms with van der Waals surface area (Å²) < 4.78 is 48.1. The Labute approximate surface area is 202 Å². The third kappa shape index (κ3) is 5.66. The maximum Gasteiger partial charge on any atom is 0.573 e. The SMILES string of the molecule is COc1ccc(C(=O)Nc2cc(Cn3cc(O)n(-c4ccc(OC(F)(F)F)cc4)c3=O)ccn2)cc1. The minimum absolute atomic E-state index is 0.0303. The maximum absolute atomic E-state index is 12.9. The van der Waals surface area contributed by atoms with Crippen molar-refractivity contribution < 1.29 is 32.5 Å². The number of benzene rings is 2. The zero-order valence-electron chi connectivity index (χ0n) is 18.7. The highest BCUT2D eigenvalue weighted by Gasteiger charge is 2.31. The number of amides is 1. The van der Waals surface area contributed by atoms with Crippen molar-refractivity contribution in [2.24, 2.45) is 0 Å². The molecule has 0 aliphatic heterocycles. The predicted octanol–water partition coefficient (Wildman–Crippen LogP) is 3.95. The minimum Gasteiger partial charge on any atom is -0.497 e. The normalized spacial score (nSPS) is 11.2. The van der Waals surface area contributed by atoms with Crippen molar-refractivity contribution in [1.29, 1.82) is 0 Å². The van der Waals surface area contributed by atoms with E-state index in [4.69, 9.17) is 4.74 Å². The van der Waals surface area contributed by atoms with Gasteiger partial charge < -0.3 is 19.9 Å². The van der Waals surface area contributed by atoms with Crippen molar-refractivity contribution in [3.8, 4) is 23.1 Å². The Bertz CT molecular complexity index is 1430. The first-order valence-corrected chi connectivity index (χ1v) is 10.4. The predicted molar refractivity (Wildman–Crippen MR) is 123 cm³/mol. The smallest absolute Gasteiger partial charge is 0.497 e. The van der Waals surface area contributed by atoms with E-state index in [1.807, 2.05) is 0 Å². The van der Waals surface area contributed by atoms with E-state index >= 15 is 0 Å². The molecule has 0 saturated heterocycles. The molecule has 0 atom stereocenters. The van der Waals surface area contributed by atoms with Gasteiger partial charge in [-0.05, 0) is 66.2 Å². The number of hydrogen-bond donors (Lipinski definition) is 2. The van der Waals surface area contributed by atoms with Gasteiger partial charge in [-0.15, -0.1) is 13.2 Å². The molecule has 0 fully saturated rings. The number of halogens is 3. The zero-order chi connectivity index (χ0) is 25.9. The topological polar surface area (TPSA) is 108 Å². The molecule has 0 aliphatic carbocycles. The molecule has 0 unspecified atom stereocenters. The van der Waals surface area contributed by atoms with Crippen molar-refractivity contribution in [2.45, 2.75) is 12.9 Å². The molecule has 0 spiro atoms. The van der Waals surface area contributed by atoms with Crippen LogP contribution in [0.3, 0.4) is 0 Å². The second-order valence-corrected chi connectivity index (χ2v) is 7.51. The van der Waals surface area contributed by atoms with Gasteiger partial charge in [-0.2, -0.15) is 0 Å². The lowest BCUT2D eigenvalue weighted by Gasteiger charge is -2.09. The zero-order valence-corrected chi connectivity index (χ0v) is 18.7. The molecule has 186 valence electrons. The van der Waals surface area contributed by atoms with Gasteiger partial charge in [0.2, 0.25) is 5.88 Å². The number of nitrogens with one attached hydrogen (secondary N) is 1. The van der Waals surface area contributed by atoms with Crippen LogP contribution < -0.4 is 20.5 Å².